The Bertz CT molecular complexity index is 722. The molecule has 1 aliphatic carbocycles. The lowest BCUT2D eigenvalue weighted by molar-refractivity contribution is -0.152. The topological polar surface area (TPSA) is 81.4 Å². The van der Waals surface area contributed by atoms with Crippen molar-refractivity contribution in [3.63, 3.8) is 0 Å². The summed E-state index contributed by atoms with van der Waals surface area (Å²) < 4.78 is 10.7. The van der Waals surface area contributed by atoms with E-state index in [2.05, 4.69) is 10.3 Å². The highest BCUT2D eigenvalue weighted by molar-refractivity contribution is 7.99. The highest BCUT2D eigenvalue weighted by atomic mass is 32.2. The largest absolute Gasteiger partial charge is 0.452 e. The van der Waals surface area contributed by atoms with Crippen LogP contribution in [0.4, 0.5) is 0 Å². The smallest absolute Gasteiger partial charge is 0.317 e. The van der Waals surface area contributed by atoms with Crippen molar-refractivity contribution in [1.29, 1.82) is 0 Å². The molecule has 1 aliphatic rings. The maximum absolute atomic E-state index is 12.1. The molecule has 1 atom stereocenters. The predicted octanol–water partition coefficient (Wildman–Crippen LogP) is 3.55. The molecule has 1 aromatic carbocycles. The second-order valence-corrected chi connectivity index (χ2v) is 7.54. The summed E-state index contributed by atoms with van der Waals surface area (Å²) in [4.78, 5) is 28.3. The third-order valence-corrected chi connectivity index (χ3v) is 5.36. The first-order valence-electron chi connectivity index (χ1n) is 9.07. The molecule has 1 amide bonds. The van der Waals surface area contributed by atoms with Gasteiger partial charge < -0.3 is 14.5 Å². The summed E-state index contributed by atoms with van der Waals surface area (Å²) in [6, 6.07) is 7.41. The van der Waals surface area contributed by atoms with Crippen LogP contribution in [0.1, 0.15) is 39.0 Å². The fraction of sp³-hybridized carbons (Fsp3) is 0.526. The van der Waals surface area contributed by atoms with Gasteiger partial charge in [-0.25, -0.2) is 4.98 Å². The Hall–Kier alpha value is -2.02. The van der Waals surface area contributed by atoms with E-state index in [0.717, 1.165) is 30.1 Å². The number of ether oxygens (including phenoxy) is 1. The first-order chi connectivity index (χ1) is 12.6. The molecule has 1 fully saturated rings. The Balaban J connectivity index is 1.39. The number of nitrogens with one attached hydrogen (secondary N) is 1. The number of oxazole rings is 1. The number of benzene rings is 1. The molecule has 1 saturated carbocycles. The molecule has 26 heavy (non-hydrogen) atoms. The normalized spacial score (nSPS) is 16.3. The summed E-state index contributed by atoms with van der Waals surface area (Å²) in [6.07, 6.45) is 5.29. The van der Waals surface area contributed by atoms with E-state index in [4.69, 9.17) is 9.15 Å². The van der Waals surface area contributed by atoms with Crippen LogP contribution in [0, 0.1) is 5.92 Å². The highest BCUT2D eigenvalue weighted by Gasteiger charge is 2.20. The van der Waals surface area contributed by atoms with Crippen LogP contribution in [-0.4, -0.2) is 35.3 Å². The van der Waals surface area contributed by atoms with E-state index in [1.165, 1.54) is 19.3 Å². The Morgan fingerprint density at radius 2 is 2.08 bits per heavy atom. The van der Waals surface area contributed by atoms with Crippen LogP contribution in [0.25, 0.3) is 11.1 Å². The molecular weight excluding hydrogens is 352 g/mol. The molecule has 0 radical (unpaired) electrons. The van der Waals surface area contributed by atoms with Gasteiger partial charge in [0.2, 0.25) is 0 Å². The van der Waals surface area contributed by atoms with E-state index in [1.807, 2.05) is 24.3 Å². The number of fused-ring (bicyclic) bond motifs is 1. The van der Waals surface area contributed by atoms with Crippen LogP contribution in [0.5, 0.6) is 0 Å². The summed E-state index contributed by atoms with van der Waals surface area (Å²) in [5.41, 5.74) is 1.43. The molecule has 0 unspecified atom stereocenters. The van der Waals surface area contributed by atoms with E-state index in [-0.39, 0.29) is 11.7 Å². The van der Waals surface area contributed by atoms with Gasteiger partial charge in [0.1, 0.15) is 11.3 Å². The number of para-hydroxylation sites is 2. The zero-order chi connectivity index (χ0) is 18.4. The Morgan fingerprint density at radius 3 is 2.85 bits per heavy atom. The number of carbonyl (C=O) groups excluding carboxylic acids is 2. The van der Waals surface area contributed by atoms with Gasteiger partial charge in [0.15, 0.2) is 11.7 Å². The van der Waals surface area contributed by atoms with Crippen molar-refractivity contribution in [3.05, 3.63) is 24.3 Å². The molecule has 6 nitrogen and oxygen atoms in total. The summed E-state index contributed by atoms with van der Waals surface area (Å²) in [5, 5.41) is 3.31. The molecule has 1 heterocycles. The van der Waals surface area contributed by atoms with Crippen molar-refractivity contribution in [2.75, 3.05) is 12.3 Å². The van der Waals surface area contributed by atoms with Gasteiger partial charge in [-0.15, -0.1) is 0 Å². The number of rotatable bonds is 7. The number of amides is 1. The minimum Gasteiger partial charge on any atom is -0.452 e. The molecule has 0 aliphatic heterocycles. The SMILES string of the molecule is C[C@H](OC(=O)CSc1nc2ccccc2o1)C(=O)NCC1CCCCC1. The van der Waals surface area contributed by atoms with Crippen molar-refractivity contribution >= 4 is 34.7 Å². The minimum atomic E-state index is -0.796. The molecule has 3 rings (SSSR count). The summed E-state index contributed by atoms with van der Waals surface area (Å²) >= 11 is 1.16. The Morgan fingerprint density at radius 1 is 1.31 bits per heavy atom. The molecule has 0 bridgehead atoms. The second-order valence-electron chi connectivity index (χ2n) is 6.62. The zero-order valence-corrected chi connectivity index (χ0v) is 15.7. The first-order valence-corrected chi connectivity index (χ1v) is 10.1. The van der Waals surface area contributed by atoms with Crippen molar-refractivity contribution in [3.8, 4) is 0 Å². The Kier molecular flexibility index (Phi) is 6.55. The number of hydrogen-bond donors (Lipinski definition) is 1. The molecule has 1 N–H and O–H groups in total. The van der Waals surface area contributed by atoms with E-state index in [9.17, 15) is 9.59 Å². The number of aromatic nitrogens is 1. The monoisotopic (exact) mass is 376 g/mol. The maximum Gasteiger partial charge on any atom is 0.317 e. The third kappa shape index (κ3) is 5.24. The van der Waals surface area contributed by atoms with Gasteiger partial charge in [0, 0.05) is 6.54 Å². The highest BCUT2D eigenvalue weighted by Crippen LogP contribution is 2.24. The van der Waals surface area contributed by atoms with Crippen LogP contribution in [0.2, 0.25) is 0 Å². The van der Waals surface area contributed by atoms with E-state index < -0.39 is 12.1 Å². The van der Waals surface area contributed by atoms with Crippen LogP contribution >= 0.6 is 11.8 Å². The van der Waals surface area contributed by atoms with Crippen molar-refractivity contribution in [2.45, 2.75) is 50.4 Å². The number of esters is 1. The molecule has 7 heteroatoms. The van der Waals surface area contributed by atoms with Crippen LogP contribution in [0.15, 0.2) is 33.9 Å². The minimum absolute atomic E-state index is 0.0487. The van der Waals surface area contributed by atoms with Crippen molar-refractivity contribution in [1.82, 2.24) is 10.3 Å². The molecule has 1 aromatic heterocycles. The number of nitrogens with zero attached hydrogens (tertiary/aromatic N) is 1. The zero-order valence-electron chi connectivity index (χ0n) is 14.9. The lowest BCUT2D eigenvalue weighted by Crippen LogP contribution is -2.39. The van der Waals surface area contributed by atoms with Gasteiger partial charge in [-0.2, -0.15) is 0 Å². The number of carbonyl (C=O) groups is 2. The molecule has 2 aromatic rings. The van der Waals surface area contributed by atoms with E-state index in [0.29, 0.717) is 23.3 Å². The predicted molar refractivity (Wildman–Crippen MR) is 99.9 cm³/mol. The lowest BCUT2D eigenvalue weighted by atomic mass is 9.89. The summed E-state index contributed by atoms with van der Waals surface area (Å²) in [5.74, 6) is -0.105. The molecule has 0 spiro atoms. The maximum atomic E-state index is 12.1. The second kappa shape index (κ2) is 9.07. The van der Waals surface area contributed by atoms with E-state index in [1.54, 1.807) is 6.92 Å². The lowest BCUT2D eigenvalue weighted by Gasteiger charge is -2.22. The standard InChI is InChI=1S/C19H24N2O4S/c1-13(18(23)20-11-14-7-3-2-4-8-14)24-17(22)12-26-19-21-15-9-5-6-10-16(15)25-19/h5-6,9-10,13-14H,2-4,7-8,11-12H2,1H3,(H,20,23)/t13-/m0/s1. The number of thioether (sulfide) groups is 1. The van der Waals surface area contributed by atoms with Gasteiger partial charge in [-0.3, -0.25) is 9.59 Å². The summed E-state index contributed by atoms with van der Waals surface area (Å²) in [6.45, 7) is 2.26. The van der Waals surface area contributed by atoms with Crippen LogP contribution in [-0.2, 0) is 14.3 Å². The third-order valence-electron chi connectivity index (χ3n) is 4.55. The van der Waals surface area contributed by atoms with Gasteiger partial charge in [-0.1, -0.05) is 43.2 Å². The fourth-order valence-corrected chi connectivity index (χ4v) is 3.72. The molecule has 0 saturated heterocycles. The van der Waals surface area contributed by atoms with Crippen molar-refractivity contribution < 1.29 is 18.7 Å². The van der Waals surface area contributed by atoms with Crippen LogP contribution < -0.4 is 5.32 Å². The quantitative estimate of drug-likeness (QED) is 0.588. The van der Waals surface area contributed by atoms with Gasteiger partial charge in [0.05, 0.1) is 0 Å². The number of hydrogen-bond acceptors (Lipinski definition) is 6. The van der Waals surface area contributed by atoms with Crippen molar-refractivity contribution in [2.24, 2.45) is 5.92 Å². The van der Waals surface area contributed by atoms with E-state index >= 15 is 0 Å². The molecule has 140 valence electrons. The first kappa shape index (κ1) is 18.8. The average Bonchev–Trinajstić information content (AvgIpc) is 3.08. The van der Waals surface area contributed by atoms with Gasteiger partial charge in [0.25, 0.3) is 11.1 Å². The summed E-state index contributed by atoms with van der Waals surface area (Å²) in [7, 11) is 0. The average molecular weight is 376 g/mol. The molecular formula is C19H24N2O4S. The fourth-order valence-electron chi connectivity index (χ4n) is 3.10. The van der Waals surface area contributed by atoms with Gasteiger partial charge in [-0.05, 0) is 37.8 Å². The van der Waals surface area contributed by atoms with Crippen LogP contribution in [0.3, 0.4) is 0 Å². The van der Waals surface area contributed by atoms with Gasteiger partial charge >= 0.3 is 5.97 Å². The Labute approximate surface area is 157 Å².